The maximum atomic E-state index is 12.5. The summed E-state index contributed by atoms with van der Waals surface area (Å²) in [4.78, 5) is 12.5. The van der Waals surface area contributed by atoms with Crippen molar-refractivity contribution in [1.82, 2.24) is 5.32 Å². The van der Waals surface area contributed by atoms with Gasteiger partial charge in [-0.3, -0.25) is 4.79 Å². The number of allylic oxidation sites excluding steroid dienone is 7. The van der Waals surface area contributed by atoms with Crippen LogP contribution >= 0.6 is 0 Å². The summed E-state index contributed by atoms with van der Waals surface area (Å²) in [7, 11) is 0. The third kappa shape index (κ3) is 41.9. The molecule has 56 heavy (non-hydrogen) atoms. The van der Waals surface area contributed by atoms with Gasteiger partial charge in [0.15, 0.2) is 0 Å². The molecule has 4 N–H and O–H groups in total. The second kappa shape index (κ2) is 46.0. The third-order valence-corrected chi connectivity index (χ3v) is 11.1. The van der Waals surface area contributed by atoms with Gasteiger partial charge in [0.1, 0.15) is 0 Å². The first-order valence-electron chi connectivity index (χ1n) is 24.4. The van der Waals surface area contributed by atoms with Gasteiger partial charge in [-0.2, -0.15) is 0 Å². The summed E-state index contributed by atoms with van der Waals surface area (Å²) >= 11 is 0. The van der Waals surface area contributed by atoms with Crippen LogP contribution in [0.1, 0.15) is 245 Å². The highest BCUT2D eigenvalue weighted by molar-refractivity contribution is 5.76. The molecule has 3 atom stereocenters. The largest absolute Gasteiger partial charge is 0.394 e. The van der Waals surface area contributed by atoms with Crippen molar-refractivity contribution < 1.29 is 20.1 Å². The van der Waals surface area contributed by atoms with Crippen LogP contribution in [0.25, 0.3) is 0 Å². The zero-order chi connectivity index (χ0) is 40.8. The smallest absolute Gasteiger partial charge is 0.222 e. The summed E-state index contributed by atoms with van der Waals surface area (Å²) in [5.74, 6) is -0.326. The van der Waals surface area contributed by atoms with Crippen LogP contribution in [0.2, 0.25) is 0 Å². The van der Waals surface area contributed by atoms with Gasteiger partial charge in [0, 0.05) is 0 Å². The SMILES string of the molecule is CC/C=C\C/C=C\CCCCCCCCCCCCCCC(O)CC(=O)NC(CO)C(O)/C=C/CC/C=C/CCCCCCCCCCCCCCCCCC. The maximum absolute atomic E-state index is 12.5. The van der Waals surface area contributed by atoms with E-state index in [1.165, 1.54) is 173 Å². The molecule has 1 amide bonds. The minimum atomic E-state index is -0.953. The summed E-state index contributed by atoms with van der Waals surface area (Å²) in [6.07, 6.45) is 59.9. The molecule has 0 aromatic carbocycles. The second-order valence-corrected chi connectivity index (χ2v) is 16.7. The number of unbranched alkanes of at least 4 members (excludes halogenated alkanes) is 29. The van der Waals surface area contributed by atoms with Gasteiger partial charge in [-0.15, -0.1) is 0 Å². The monoisotopic (exact) mass is 786 g/mol. The molecule has 0 radical (unpaired) electrons. The number of carbonyl (C=O) groups excluding carboxylic acids is 1. The molecule has 5 heteroatoms. The molecule has 0 spiro atoms. The molecule has 0 aliphatic rings. The van der Waals surface area contributed by atoms with Crippen LogP contribution in [0.5, 0.6) is 0 Å². The van der Waals surface area contributed by atoms with E-state index in [1.54, 1.807) is 6.08 Å². The number of nitrogens with one attached hydrogen (secondary N) is 1. The Balaban J connectivity index is 3.66. The van der Waals surface area contributed by atoms with Crippen molar-refractivity contribution in [2.24, 2.45) is 0 Å². The molecule has 0 heterocycles. The van der Waals surface area contributed by atoms with Crippen molar-refractivity contribution in [3.63, 3.8) is 0 Å². The van der Waals surface area contributed by atoms with E-state index in [1.807, 2.05) is 6.08 Å². The van der Waals surface area contributed by atoms with Crippen LogP contribution < -0.4 is 5.32 Å². The lowest BCUT2D eigenvalue weighted by Gasteiger charge is -2.21. The Morgan fingerprint density at radius 3 is 1.34 bits per heavy atom. The fourth-order valence-electron chi connectivity index (χ4n) is 7.39. The van der Waals surface area contributed by atoms with E-state index in [2.05, 4.69) is 55.6 Å². The quantitative estimate of drug-likeness (QED) is 0.0366. The molecule has 0 fully saturated rings. The zero-order valence-electron chi connectivity index (χ0n) is 37.3. The number of hydrogen-bond acceptors (Lipinski definition) is 4. The Bertz CT molecular complexity index is 912. The normalized spacial score (nSPS) is 13.9. The van der Waals surface area contributed by atoms with Crippen molar-refractivity contribution in [2.45, 2.75) is 263 Å². The van der Waals surface area contributed by atoms with Crippen LogP contribution in [0, 0.1) is 0 Å². The van der Waals surface area contributed by atoms with Gasteiger partial charge in [0.25, 0.3) is 0 Å². The fourth-order valence-corrected chi connectivity index (χ4v) is 7.39. The predicted molar refractivity (Wildman–Crippen MR) is 245 cm³/mol. The molecule has 328 valence electrons. The van der Waals surface area contributed by atoms with Gasteiger partial charge >= 0.3 is 0 Å². The fraction of sp³-hybridized carbons (Fsp3) is 0.824. The standard InChI is InChI=1S/C51H95NO4/c1-3-5-7-9-11-13-15-17-19-21-23-24-25-27-29-31-33-35-37-39-41-43-45-50(55)49(47-53)52-51(56)46-48(54)44-42-40-38-36-34-32-30-28-26-22-20-18-16-14-12-10-8-6-4-2/h6,8,12,14,35,37,43,45,48-50,53-55H,3-5,7,9-11,13,15-34,36,38-42,44,46-47H2,1-2H3,(H,52,56)/b8-6-,14-12-,37-35+,45-43+. The number of aliphatic hydroxyl groups is 3. The Morgan fingerprint density at radius 2 is 0.875 bits per heavy atom. The topological polar surface area (TPSA) is 89.8 Å². The van der Waals surface area contributed by atoms with E-state index in [-0.39, 0.29) is 18.9 Å². The lowest BCUT2D eigenvalue weighted by molar-refractivity contribution is -0.124. The van der Waals surface area contributed by atoms with Gasteiger partial charge < -0.3 is 20.6 Å². The van der Waals surface area contributed by atoms with Crippen LogP contribution in [-0.4, -0.2) is 46.1 Å². The highest BCUT2D eigenvalue weighted by atomic mass is 16.3. The molecule has 3 unspecified atom stereocenters. The van der Waals surface area contributed by atoms with Crippen LogP contribution in [0.3, 0.4) is 0 Å². The van der Waals surface area contributed by atoms with Crippen LogP contribution in [0.15, 0.2) is 48.6 Å². The molecule has 0 bridgehead atoms. The van der Waals surface area contributed by atoms with E-state index in [0.717, 1.165) is 44.9 Å². The average Bonchev–Trinajstić information content (AvgIpc) is 3.19. The van der Waals surface area contributed by atoms with Gasteiger partial charge in [-0.25, -0.2) is 0 Å². The number of rotatable bonds is 44. The highest BCUT2D eigenvalue weighted by Gasteiger charge is 2.20. The number of carbonyl (C=O) groups is 1. The van der Waals surface area contributed by atoms with E-state index in [4.69, 9.17) is 0 Å². The summed E-state index contributed by atoms with van der Waals surface area (Å²) in [5.41, 5.74) is 0. The van der Waals surface area contributed by atoms with Gasteiger partial charge in [0.05, 0.1) is 31.3 Å². The molecular weight excluding hydrogens is 691 g/mol. The Morgan fingerprint density at radius 1 is 0.482 bits per heavy atom. The van der Waals surface area contributed by atoms with E-state index in [0.29, 0.717) is 6.42 Å². The van der Waals surface area contributed by atoms with Crippen LogP contribution in [0.4, 0.5) is 0 Å². The molecule has 0 aliphatic heterocycles. The molecule has 0 aromatic rings. The van der Waals surface area contributed by atoms with Gasteiger partial charge in [-0.1, -0.05) is 229 Å². The number of amides is 1. The lowest BCUT2D eigenvalue weighted by atomic mass is 10.0. The van der Waals surface area contributed by atoms with Crippen molar-refractivity contribution in [3.8, 4) is 0 Å². The highest BCUT2D eigenvalue weighted by Crippen LogP contribution is 2.16. The maximum Gasteiger partial charge on any atom is 0.222 e. The first-order valence-corrected chi connectivity index (χ1v) is 24.4. The van der Waals surface area contributed by atoms with E-state index >= 15 is 0 Å². The van der Waals surface area contributed by atoms with E-state index < -0.39 is 18.2 Å². The van der Waals surface area contributed by atoms with Crippen LogP contribution in [-0.2, 0) is 4.79 Å². The Hall–Kier alpha value is -1.69. The minimum absolute atomic E-state index is 0.00444. The van der Waals surface area contributed by atoms with Crippen molar-refractivity contribution in [2.75, 3.05) is 6.61 Å². The summed E-state index contributed by atoms with van der Waals surface area (Å²) in [6.45, 7) is 4.11. The second-order valence-electron chi connectivity index (χ2n) is 16.7. The summed E-state index contributed by atoms with van der Waals surface area (Å²) in [5, 5.41) is 33.3. The van der Waals surface area contributed by atoms with Crippen molar-refractivity contribution >= 4 is 5.91 Å². The molecule has 5 nitrogen and oxygen atoms in total. The molecule has 0 aromatic heterocycles. The summed E-state index contributed by atoms with van der Waals surface area (Å²) in [6, 6.07) is -0.762. The minimum Gasteiger partial charge on any atom is -0.394 e. The first kappa shape index (κ1) is 54.3. The van der Waals surface area contributed by atoms with Gasteiger partial charge in [-0.05, 0) is 57.8 Å². The number of hydrogen-bond donors (Lipinski definition) is 4. The van der Waals surface area contributed by atoms with E-state index in [9.17, 15) is 20.1 Å². The zero-order valence-corrected chi connectivity index (χ0v) is 37.3. The molecule has 0 saturated carbocycles. The molecule has 0 rings (SSSR count). The summed E-state index contributed by atoms with van der Waals surface area (Å²) < 4.78 is 0. The molecular formula is C51H95NO4. The Kier molecular flexibility index (Phi) is 44.6. The van der Waals surface area contributed by atoms with Crippen molar-refractivity contribution in [1.29, 1.82) is 0 Å². The molecule has 0 saturated heterocycles. The Labute approximate surface area is 348 Å². The number of aliphatic hydroxyl groups excluding tert-OH is 3. The van der Waals surface area contributed by atoms with Crippen molar-refractivity contribution in [3.05, 3.63) is 48.6 Å². The third-order valence-electron chi connectivity index (χ3n) is 11.1. The average molecular weight is 786 g/mol. The first-order chi connectivity index (χ1) is 27.5. The predicted octanol–water partition coefficient (Wildman–Crippen LogP) is 14.5. The van der Waals surface area contributed by atoms with Gasteiger partial charge in [0.2, 0.25) is 5.91 Å². The lowest BCUT2D eigenvalue weighted by Crippen LogP contribution is -2.45. The molecule has 0 aliphatic carbocycles.